The van der Waals surface area contributed by atoms with E-state index >= 15 is 0 Å². The first-order valence-electron chi connectivity index (χ1n) is 9.38. The number of nitrogens with zero attached hydrogens (tertiary/aromatic N) is 2. The minimum Gasteiger partial charge on any atom is -0.493 e. The summed E-state index contributed by atoms with van der Waals surface area (Å²) < 4.78 is 15.6. The number of hydrogen-bond donors (Lipinski definition) is 0. The highest BCUT2D eigenvalue weighted by atomic mass is 16.6. The Labute approximate surface area is 163 Å². The van der Waals surface area contributed by atoms with Gasteiger partial charge in [0.1, 0.15) is 5.56 Å². The number of ether oxygens (including phenoxy) is 3. The number of carbonyl (C=O) groups is 2. The van der Waals surface area contributed by atoms with E-state index in [-0.39, 0.29) is 35.6 Å². The molecule has 0 spiro atoms. The summed E-state index contributed by atoms with van der Waals surface area (Å²) in [4.78, 5) is 37.3. The van der Waals surface area contributed by atoms with Crippen molar-refractivity contribution < 1.29 is 28.7 Å². The molecule has 1 aromatic carbocycles. The molecule has 1 fully saturated rings. The highest BCUT2D eigenvalue weighted by Crippen LogP contribution is 2.35. The average molecular weight is 394 g/mol. The highest BCUT2D eigenvalue weighted by Gasteiger charge is 2.29. The van der Waals surface area contributed by atoms with Crippen LogP contribution in [0.5, 0.6) is 11.5 Å². The van der Waals surface area contributed by atoms with Crippen LogP contribution in [0.15, 0.2) is 12.1 Å². The number of methoxy groups -OCH3 is 1. The molecule has 1 heterocycles. The van der Waals surface area contributed by atoms with Gasteiger partial charge in [0.25, 0.3) is 11.6 Å². The van der Waals surface area contributed by atoms with Crippen LogP contribution in [0.25, 0.3) is 0 Å². The number of esters is 1. The Morgan fingerprint density at radius 1 is 1.25 bits per heavy atom. The predicted octanol–water partition coefficient (Wildman–Crippen LogP) is 2.95. The van der Waals surface area contributed by atoms with Crippen molar-refractivity contribution in [3.8, 4) is 11.5 Å². The maximum absolute atomic E-state index is 12.5. The summed E-state index contributed by atoms with van der Waals surface area (Å²) in [5.41, 5.74) is -0.755. The van der Waals surface area contributed by atoms with E-state index in [0.717, 1.165) is 31.7 Å². The summed E-state index contributed by atoms with van der Waals surface area (Å²) in [6, 6.07) is 2.46. The molecular formula is C19H26N2O7. The molecule has 0 radical (unpaired) electrons. The van der Waals surface area contributed by atoms with Crippen molar-refractivity contribution in [1.29, 1.82) is 0 Å². The molecule has 0 bridgehead atoms. The Hall–Kier alpha value is -2.84. The quantitative estimate of drug-likeness (QED) is 0.379. The van der Waals surface area contributed by atoms with Gasteiger partial charge in [0, 0.05) is 18.7 Å². The molecule has 9 heteroatoms. The molecule has 0 N–H and O–H groups in total. The lowest BCUT2D eigenvalue weighted by Crippen LogP contribution is -2.45. The van der Waals surface area contributed by atoms with Crippen molar-refractivity contribution in [2.45, 2.75) is 45.6 Å². The number of hydrogen-bond acceptors (Lipinski definition) is 7. The number of benzene rings is 1. The van der Waals surface area contributed by atoms with Crippen LogP contribution >= 0.6 is 0 Å². The predicted molar refractivity (Wildman–Crippen MR) is 101 cm³/mol. The Balaban J connectivity index is 2.17. The number of nitro groups is 1. The van der Waals surface area contributed by atoms with Crippen LogP contribution in [0.4, 0.5) is 5.69 Å². The molecule has 1 aromatic rings. The van der Waals surface area contributed by atoms with Gasteiger partial charge < -0.3 is 19.1 Å². The van der Waals surface area contributed by atoms with Crippen LogP contribution in [0.2, 0.25) is 0 Å². The topological polar surface area (TPSA) is 108 Å². The third kappa shape index (κ3) is 4.90. The zero-order valence-corrected chi connectivity index (χ0v) is 16.4. The fraction of sp³-hybridized carbons (Fsp3) is 0.579. The SMILES string of the molecule is CCOc1cc(C(=O)OCC(=O)N2CCCCC2CC)c([N+](=O)[O-])cc1OC. The molecule has 1 aliphatic heterocycles. The molecule has 154 valence electrons. The molecule has 9 nitrogen and oxygen atoms in total. The van der Waals surface area contributed by atoms with Crippen LogP contribution in [-0.2, 0) is 9.53 Å². The molecule has 1 saturated heterocycles. The smallest absolute Gasteiger partial charge is 0.345 e. The third-order valence-corrected chi connectivity index (χ3v) is 4.74. The van der Waals surface area contributed by atoms with Crippen molar-refractivity contribution in [2.24, 2.45) is 0 Å². The van der Waals surface area contributed by atoms with Crippen LogP contribution in [0.1, 0.15) is 49.9 Å². The first-order valence-corrected chi connectivity index (χ1v) is 9.38. The zero-order chi connectivity index (χ0) is 20.7. The number of amides is 1. The van der Waals surface area contributed by atoms with E-state index in [4.69, 9.17) is 14.2 Å². The number of piperidine rings is 1. The average Bonchev–Trinajstić information content (AvgIpc) is 2.71. The second-order valence-corrected chi connectivity index (χ2v) is 6.43. The van der Waals surface area contributed by atoms with Crippen molar-refractivity contribution >= 4 is 17.6 Å². The maximum atomic E-state index is 12.5. The summed E-state index contributed by atoms with van der Waals surface area (Å²) in [5, 5.41) is 11.4. The van der Waals surface area contributed by atoms with Gasteiger partial charge in [0.2, 0.25) is 0 Å². The fourth-order valence-electron chi connectivity index (χ4n) is 3.33. The van der Waals surface area contributed by atoms with Gasteiger partial charge in [-0.3, -0.25) is 14.9 Å². The fourth-order valence-corrected chi connectivity index (χ4v) is 3.33. The molecule has 0 aliphatic carbocycles. The van der Waals surface area contributed by atoms with Crippen molar-refractivity contribution in [1.82, 2.24) is 4.90 Å². The molecule has 1 atom stereocenters. The monoisotopic (exact) mass is 394 g/mol. The Morgan fingerprint density at radius 3 is 2.61 bits per heavy atom. The van der Waals surface area contributed by atoms with Gasteiger partial charge in [0.05, 0.1) is 24.7 Å². The van der Waals surface area contributed by atoms with E-state index in [0.29, 0.717) is 6.54 Å². The first-order chi connectivity index (χ1) is 13.4. The largest absolute Gasteiger partial charge is 0.493 e. The molecule has 28 heavy (non-hydrogen) atoms. The molecular weight excluding hydrogens is 368 g/mol. The number of rotatable bonds is 8. The number of likely N-dealkylation sites (tertiary alicyclic amines) is 1. The lowest BCUT2D eigenvalue weighted by Gasteiger charge is -2.35. The Morgan fingerprint density at radius 2 is 2.00 bits per heavy atom. The minimum atomic E-state index is -0.950. The van der Waals surface area contributed by atoms with Gasteiger partial charge in [-0.15, -0.1) is 0 Å². The third-order valence-electron chi connectivity index (χ3n) is 4.74. The molecule has 0 aromatic heterocycles. The van der Waals surface area contributed by atoms with Gasteiger partial charge in [-0.25, -0.2) is 4.79 Å². The van der Waals surface area contributed by atoms with Crippen LogP contribution in [0, 0.1) is 10.1 Å². The molecule has 1 unspecified atom stereocenters. The lowest BCUT2D eigenvalue weighted by atomic mass is 10.00. The van der Waals surface area contributed by atoms with E-state index in [1.54, 1.807) is 11.8 Å². The summed E-state index contributed by atoms with van der Waals surface area (Å²) in [6.07, 6.45) is 3.75. The first kappa shape index (κ1) is 21.5. The Bertz CT molecular complexity index is 735. The van der Waals surface area contributed by atoms with Crippen LogP contribution in [0.3, 0.4) is 0 Å². The Kier molecular flexibility index (Phi) is 7.60. The van der Waals surface area contributed by atoms with Gasteiger partial charge in [-0.1, -0.05) is 6.92 Å². The van der Waals surface area contributed by atoms with E-state index in [9.17, 15) is 19.7 Å². The van der Waals surface area contributed by atoms with E-state index in [2.05, 4.69) is 0 Å². The van der Waals surface area contributed by atoms with Gasteiger partial charge in [-0.05, 0) is 32.6 Å². The standard InChI is InChI=1S/C19H26N2O7/c1-4-13-8-6-7-9-20(13)18(22)12-28-19(23)14-10-17(27-5-2)16(26-3)11-15(14)21(24)25/h10-11,13H,4-9,12H2,1-3H3. The summed E-state index contributed by atoms with van der Waals surface area (Å²) in [7, 11) is 1.35. The minimum absolute atomic E-state index is 0.139. The number of nitro benzene ring substituents is 1. The van der Waals surface area contributed by atoms with E-state index in [1.807, 2.05) is 6.92 Å². The molecule has 1 aliphatic rings. The van der Waals surface area contributed by atoms with Crippen LogP contribution < -0.4 is 9.47 Å². The van der Waals surface area contributed by atoms with Crippen molar-refractivity contribution in [3.05, 3.63) is 27.8 Å². The van der Waals surface area contributed by atoms with Crippen LogP contribution in [-0.4, -0.2) is 54.6 Å². The normalized spacial score (nSPS) is 16.4. The van der Waals surface area contributed by atoms with Crippen molar-refractivity contribution in [3.63, 3.8) is 0 Å². The molecule has 0 saturated carbocycles. The van der Waals surface area contributed by atoms with Gasteiger partial charge in [-0.2, -0.15) is 0 Å². The van der Waals surface area contributed by atoms with Gasteiger partial charge >= 0.3 is 5.97 Å². The van der Waals surface area contributed by atoms with Gasteiger partial charge in [0.15, 0.2) is 18.1 Å². The lowest BCUT2D eigenvalue weighted by molar-refractivity contribution is -0.385. The second kappa shape index (κ2) is 9.91. The highest BCUT2D eigenvalue weighted by molar-refractivity contribution is 5.96. The molecule has 1 amide bonds. The van der Waals surface area contributed by atoms with E-state index < -0.39 is 23.2 Å². The summed E-state index contributed by atoms with van der Waals surface area (Å²) >= 11 is 0. The summed E-state index contributed by atoms with van der Waals surface area (Å²) in [6.45, 7) is 4.21. The zero-order valence-electron chi connectivity index (χ0n) is 16.4. The summed E-state index contributed by atoms with van der Waals surface area (Å²) in [5.74, 6) is -0.911. The van der Waals surface area contributed by atoms with E-state index in [1.165, 1.54) is 13.2 Å². The van der Waals surface area contributed by atoms with Crippen molar-refractivity contribution in [2.75, 3.05) is 26.9 Å². The maximum Gasteiger partial charge on any atom is 0.345 e. The number of carbonyl (C=O) groups excluding carboxylic acids is 2. The molecule has 2 rings (SSSR count). The second-order valence-electron chi connectivity index (χ2n) is 6.43.